The zero-order valence-corrected chi connectivity index (χ0v) is 22.0. The molecule has 1 heterocycles. The van der Waals surface area contributed by atoms with Gasteiger partial charge in [-0.1, -0.05) is 68.5 Å². The minimum absolute atomic E-state index is 0.0682. The molecule has 4 N–H and O–H groups in total. The number of pyridine rings is 1. The number of nitrogens with one attached hydrogen (secondary N) is 1. The fourth-order valence-corrected chi connectivity index (χ4v) is 5.12. The van der Waals surface area contributed by atoms with E-state index in [0.717, 1.165) is 24.0 Å². The lowest BCUT2D eigenvalue weighted by Crippen LogP contribution is -2.51. The standard InChI is InChI=1S/C30H40N4O3/c1-3-16-34(17-4-2)28(36)25-13-8-14-30(19-25,29(31)37)26(18-23-10-6-5-7-11-23)27(35)22-33-21-24-12-9-15-32-20-24/h5-15,20,26-27,33,35H,3-4,16-19,21-22H2,1-2H3,(H2,31,37)/t26-,27+,30?/m1/s1. The Kier molecular flexibility index (Phi) is 10.6. The van der Waals surface area contributed by atoms with Crippen molar-refractivity contribution in [3.8, 4) is 0 Å². The van der Waals surface area contributed by atoms with Crippen LogP contribution < -0.4 is 11.1 Å². The van der Waals surface area contributed by atoms with Gasteiger partial charge in [-0.05, 0) is 42.9 Å². The average molecular weight is 505 g/mol. The molecule has 3 atom stereocenters. The van der Waals surface area contributed by atoms with Crippen molar-refractivity contribution in [2.75, 3.05) is 19.6 Å². The third-order valence-electron chi connectivity index (χ3n) is 7.01. The number of nitrogens with two attached hydrogens (primary N) is 1. The van der Waals surface area contributed by atoms with Crippen molar-refractivity contribution >= 4 is 11.8 Å². The Labute approximate surface area is 220 Å². The molecule has 0 fully saturated rings. The number of aliphatic hydroxyl groups is 1. The highest BCUT2D eigenvalue weighted by Gasteiger charge is 2.47. The monoisotopic (exact) mass is 504 g/mol. The van der Waals surface area contributed by atoms with Gasteiger partial charge in [-0.25, -0.2) is 0 Å². The summed E-state index contributed by atoms with van der Waals surface area (Å²) in [5, 5.41) is 14.8. The Bertz CT molecular complexity index is 1060. The first-order valence-corrected chi connectivity index (χ1v) is 13.2. The number of carbonyl (C=O) groups is 2. The van der Waals surface area contributed by atoms with Crippen molar-refractivity contribution in [2.24, 2.45) is 17.1 Å². The number of amides is 2. The predicted octanol–water partition coefficient (Wildman–Crippen LogP) is 3.40. The number of hydrogen-bond acceptors (Lipinski definition) is 5. The third-order valence-corrected chi connectivity index (χ3v) is 7.01. The molecule has 1 aromatic heterocycles. The first-order chi connectivity index (χ1) is 17.9. The average Bonchev–Trinajstić information content (AvgIpc) is 2.92. The molecule has 7 heteroatoms. The number of primary amides is 1. The lowest BCUT2D eigenvalue weighted by Gasteiger charge is -2.41. The summed E-state index contributed by atoms with van der Waals surface area (Å²) in [6.45, 7) is 6.21. The van der Waals surface area contributed by atoms with Crippen molar-refractivity contribution in [1.29, 1.82) is 0 Å². The molecular formula is C30H40N4O3. The van der Waals surface area contributed by atoms with Crippen LogP contribution in [-0.2, 0) is 22.6 Å². The van der Waals surface area contributed by atoms with Crippen LogP contribution >= 0.6 is 0 Å². The van der Waals surface area contributed by atoms with Crippen molar-refractivity contribution in [3.63, 3.8) is 0 Å². The zero-order valence-electron chi connectivity index (χ0n) is 22.0. The van der Waals surface area contributed by atoms with E-state index in [1.165, 1.54) is 0 Å². The number of benzene rings is 1. The highest BCUT2D eigenvalue weighted by molar-refractivity contribution is 5.96. The van der Waals surface area contributed by atoms with Gasteiger partial charge >= 0.3 is 0 Å². The first-order valence-electron chi connectivity index (χ1n) is 13.2. The van der Waals surface area contributed by atoms with Crippen molar-refractivity contribution in [1.82, 2.24) is 15.2 Å². The van der Waals surface area contributed by atoms with Gasteiger partial charge in [0.15, 0.2) is 0 Å². The highest BCUT2D eigenvalue weighted by Crippen LogP contribution is 2.43. The van der Waals surface area contributed by atoms with E-state index in [0.29, 0.717) is 31.6 Å². The Morgan fingerprint density at radius 3 is 2.43 bits per heavy atom. The summed E-state index contributed by atoms with van der Waals surface area (Å²) in [7, 11) is 0. The number of rotatable bonds is 14. The van der Waals surface area contributed by atoms with Gasteiger partial charge in [0.2, 0.25) is 11.8 Å². The van der Waals surface area contributed by atoms with Crippen LogP contribution in [0, 0.1) is 11.3 Å². The van der Waals surface area contributed by atoms with Gasteiger partial charge in [-0.3, -0.25) is 14.6 Å². The van der Waals surface area contributed by atoms with Crippen molar-refractivity contribution in [3.05, 3.63) is 89.8 Å². The van der Waals surface area contributed by atoms with Crippen LogP contribution in [0.25, 0.3) is 0 Å². The predicted molar refractivity (Wildman–Crippen MR) is 146 cm³/mol. The fourth-order valence-electron chi connectivity index (χ4n) is 5.12. The first kappa shape index (κ1) is 28.3. The summed E-state index contributed by atoms with van der Waals surface area (Å²) >= 11 is 0. The Morgan fingerprint density at radius 2 is 1.81 bits per heavy atom. The Hall–Kier alpha value is -3.29. The topological polar surface area (TPSA) is 109 Å². The van der Waals surface area contributed by atoms with Crippen LogP contribution in [0.4, 0.5) is 0 Å². The normalized spacial score (nSPS) is 18.6. The summed E-state index contributed by atoms with van der Waals surface area (Å²) in [6, 6.07) is 13.6. The number of nitrogens with zero attached hydrogens (tertiary/aromatic N) is 2. The lowest BCUT2D eigenvalue weighted by atomic mass is 9.64. The molecule has 0 aliphatic heterocycles. The van der Waals surface area contributed by atoms with Crippen LogP contribution in [0.2, 0.25) is 0 Å². The largest absolute Gasteiger partial charge is 0.391 e. The quantitative estimate of drug-likeness (QED) is 0.365. The number of hydrogen-bond donors (Lipinski definition) is 3. The molecule has 37 heavy (non-hydrogen) atoms. The van der Waals surface area contributed by atoms with Gasteiger partial charge in [0.25, 0.3) is 0 Å². The summed E-state index contributed by atoms with van der Waals surface area (Å²) in [4.78, 5) is 32.6. The van der Waals surface area contributed by atoms with Gasteiger partial charge in [-0.2, -0.15) is 0 Å². The highest BCUT2D eigenvalue weighted by atomic mass is 16.3. The number of aliphatic hydroxyl groups excluding tert-OH is 1. The van der Waals surface area contributed by atoms with E-state index in [1.807, 2.05) is 61.2 Å². The van der Waals surface area contributed by atoms with Gasteiger partial charge in [-0.15, -0.1) is 0 Å². The fraction of sp³-hybridized carbons (Fsp3) is 0.433. The van der Waals surface area contributed by atoms with E-state index >= 15 is 0 Å². The van der Waals surface area contributed by atoms with Crippen LogP contribution in [0.5, 0.6) is 0 Å². The van der Waals surface area contributed by atoms with Crippen LogP contribution in [0.15, 0.2) is 78.7 Å². The van der Waals surface area contributed by atoms with Crippen molar-refractivity contribution < 1.29 is 14.7 Å². The SMILES string of the molecule is CCCN(CCC)C(=O)C1=CC=CC(C(N)=O)([C@H](Cc2ccccc2)[C@@H](O)CNCc2cccnc2)C1. The van der Waals surface area contributed by atoms with Gasteiger partial charge in [0, 0.05) is 50.1 Å². The van der Waals surface area contributed by atoms with Crippen molar-refractivity contribution in [2.45, 2.75) is 52.2 Å². The maximum absolute atomic E-state index is 13.5. The number of allylic oxidation sites excluding steroid dienone is 2. The molecule has 0 saturated heterocycles. The molecule has 0 saturated carbocycles. The third kappa shape index (κ3) is 7.37. The second-order valence-corrected chi connectivity index (χ2v) is 9.78. The maximum Gasteiger partial charge on any atom is 0.249 e. The molecule has 3 rings (SSSR count). The molecule has 1 aliphatic carbocycles. The molecule has 0 spiro atoms. The molecule has 0 bridgehead atoms. The summed E-state index contributed by atoms with van der Waals surface area (Å²) < 4.78 is 0. The van der Waals surface area contributed by atoms with E-state index in [1.54, 1.807) is 30.6 Å². The molecule has 1 unspecified atom stereocenters. The maximum atomic E-state index is 13.5. The number of aromatic nitrogens is 1. The van der Waals surface area contributed by atoms with Crippen LogP contribution in [0.1, 0.15) is 44.2 Å². The molecule has 1 aromatic carbocycles. The Morgan fingerprint density at radius 1 is 1.11 bits per heavy atom. The second kappa shape index (κ2) is 13.9. The minimum Gasteiger partial charge on any atom is -0.391 e. The van der Waals surface area contributed by atoms with E-state index in [9.17, 15) is 14.7 Å². The van der Waals surface area contributed by atoms with E-state index in [-0.39, 0.29) is 18.9 Å². The van der Waals surface area contributed by atoms with Gasteiger partial charge in [0.1, 0.15) is 0 Å². The molecule has 0 radical (unpaired) electrons. The van der Waals surface area contributed by atoms with E-state index < -0.39 is 23.3 Å². The van der Waals surface area contributed by atoms with E-state index in [2.05, 4.69) is 10.3 Å². The molecule has 198 valence electrons. The van der Waals surface area contributed by atoms with Gasteiger partial charge in [0.05, 0.1) is 11.5 Å². The number of carbonyl (C=O) groups excluding carboxylic acids is 2. The molecule has 7 nitrogen and oxygen atoms in total. The molecule has 2 amide bonds. The molecular weight excluding hydrogens is 464 g/mol. The summed E-state index contributed by atoms with van der Waals surface area (Å²) in [6.07, 6.45) is 10.3. The Balaban J connectivity index is 1.88. The van der Waals surface area contributed by atoms with Crippen LogP contribution in [0.3, 0.4) is 0 Å². The zero-order chi connectivity index (χ0) is 26.7. The molecule has 1 aliphatic rings. The van der Waals surface area contributed by atoms with Crippen LogP contribution in [-0.4, -0.2) is 52.5 Å². The minimum atomic E-state index is -1.20. The second-order valence-electron chi connectivity index (χ2n) is 9.78. The van der Waals surface area contributed by atoms with Gasteiger partial charge < -0.3 is 21.1 Å². The summed E-state index contributed by atoms with van der Waals surface area (Å²) in [5.74, 6) is -1.14. The smallest absolute Gasteiger partial charge is 0.249 e. The van der Waals surface area contributed by atoms with E-state index in [4.69, 9.17) is 5.73 Å². The molecule has 2 aromatic rings. The summed E-state index contributed by atoms with van der Waals surface area (Å²) in [5.41, 5.74) is 7.43. The lowest BCUT2D eigenvalue weighted by molar-refractivity contribution is -0.132.